The van der Waals surface area contributed by atoms with Gasteiger partial charge in [-0.2, -0.15) is 0 Å². The van der Waals surface area contributed by atoms with Crippen LogP contribution in [0, 0.1) is 0 Å². The highest BCUT2D eigenvalue weighted by molar-refractivity contribution is 9.10. The van der Waals surface area contributed by atoms with Gasteiger partial charge in [0.1, 0.15) is 0 Å². The molecule has 0 saturated heterocycles. The largest absolute Gasteiger partial charge is 0.348 e. The van der Waals surface area contributed by atoms with Crippen LogP contribution in [0.4, 0.5) is 0 Å². The van der Waals surface area contributed by atoms with Gasteiger partial charge in [0.15, 0.2) is 5.82 Å². The SMILES string of the molecule is CCN1CCn2c(nc3cc(C(=O)NCc4cccc(Br)c4)ccc32)C1=O. The summed E-state index contributed by atoms with van der Waals surface area (Å²) in [5.41, 5.74) is 3.11. The third-order valence-electron chi connectivity index (χ3n) is 4.81. The van der Waals surface area contributed by atoms with Crippen molar-refractivity contribution >= 4 is 38.8 Å². The Morgan fingerprint density at radius 3 is 2.85 bits per heavy atom. The molecule has 6 nitrogen and oxygen atoms in total. The molecule has 0 unspecified atom stereocenters. The number of imidazole rings is 1. The van der Waals surface area contributed by atoms with Gasteiger partial charge < -0.3 is 14.8 Å². The second kappa shape index (κ2) is 7.15. The lowest BCUT2D eigenvalue weighted by molar-refractivity contribution is 0.0709. The van der Waals surface area contributed by atoms with E-state index in [0.29, 0.717) is 36.5 Å². The molecule has 0 bridgehead atoms. The van der Waals surface area contributed by atoms with E-state index < -0.39 is 0 Å². The predicted octanol–water partition coefficient (Wildman–Crippen LogP) is 3.20. The number of fused-ring (bicyclic) bond motifs is 3. The minimum absolute atomic E-state index is 0.0550. The number of benzene rings is 2. The number of hydrogen-bond donors (Lipinski definition) is 1. The summed E-state index contributed by atoms with van der Waals surface area (Å²) in [6.45, 7) is 4.48. The summed E-state index contributed by atoms with van der Waals surface area (Å²) >= 11 is 3.43. The minimum Gasteiger partial charge on any atom is -0.348 e. The number of carbonyl (C=O) groups is 2. The van der Waals surface area contributed by atoms with Crippen LogP contribution in [-0.2, 0) is 13.1 Å². The van der Waals surface area contributed by atoms with E-state index in [4.69, 9.17) is 0 Å². The molecule has 3 aromatic rings. The lowest BCUT2D eigenvalue weighted by atomic mass is 10.1. The lowest BCUT2D eigenvalue weighted by Crippen LogP contribution is -2.40. The number of hydrogen-bond acceptors (Lipinski definition) is 3. The Bertz CT molecular complexity index is 1040. The van der Waals surface area contributed by atoms with Crippen molar-refractivity contribution in [1.29, 1.82) is 0 Å². The number of nitrogens with one attached hydrogen (secondary N) is 1. The van der Waals surface area contributed by atoms with Gasteiger partial charge in [0.2, 0.25) is 0 Å². The zero-order chi connectivity index (χ0) is 19.0. The first-order valence-corrected chi connectivity index (χ1v) is 9.68. The first kappa shape index (κ1) is 17.7. The van der Waals surface area contributed by atoms with E-state index in [2.05, 4.69) is 26.2 Å². The highest BCUT2D eigenvalue weighted by Gasteiger charge is 2.27. The summed E-state index contributed by atoms with van der Waals surface area (Å²) < 4.78 is 2.91. The Morgan fingerprint density at radius 1 is 1.22 bits per heavy atom. The number of likely N-dealkylation sites (N-methyl/N-ethyl adjacent to an activating group) is 1. The first-order chi connectivity index (χ1) is 13.1. The number of rotatable bonds is 4. The molecule has 2 aromatic carbocycles. The fourth-order valence-electron chi connectivity index (χ4n) is 3.36. The molecule has 2 heterocycles. The number of aromatic nitrogens is 2. The van der Waals surface area contributed by atoms with E-state index in [0.717, 1.165) is 22.1 Å². The lowest BCUT2D eigenvalue weighted by Gasteiger charge is -2.26. The van der Waals surface area contributed by atoms with Crippen LogP contribution in [0.5, 0.6) is 0 Å². The molecule has 0 aliphatic carbocycles. The van der Waals surface area contributed by atoms with Crippen LogP contribution in [-0.4, -0.2) is 39.4 Å². The molecular weight excluding hydrogens is 408 g/mol. The van der Waals surface area contributed by atoms with Crippen molar-refractivity contribution in [2.45, 2.75) is 20.0 Å². The monoisotopic (exact) mass is 426 g/mol. The van der Waals surface area contributed by atoms with Gasteiger partial charge in [-0.3, -0.25) is 9.59 Å². The van der Waals surface area contributed by atoms with Crippen molar-refractivity contribution in [3.8, 4) is 0 Å². The van der Waals surface area contributed by atoms with Gasteiger partial charge in [-0.25, -0.2) is 4.98 Å². The minimum atomic E-state index is -0.163. The van der Waals surface area contributed by atoms with Crippen LogP contribution >= 0.6 is 15.9 Å². The average Bonchev–Trinajstić information content (AvgIpc) is 3.05. The summed E-state index contributed by atoms with van der Waals surface area (Å²) in [5, 5.41) is 2.92. The molecule has 0 fully saturated rings. The normalized spacial score (nSPS) is 13.7. The van der Waals surface area contributed by atoms with Crippen molar-refractivity contribution in [3.05, 3.63) is 63.9 Å². The fourth-order valence-corrected chi connectivity index (χ4v) is 3.80. The van der Waals surface area contributed by atoms with E-state index in [1.54, 1.807) is 17.0 Å². The quantitative estimate of drug-likeness (QED) is 0.696. The maximum Gasteiger partial charge on any atom is 0.289 e. The summed E-state index contributed by atoms with van der Waals surface area (Å²) in [5.74, 6) is 0.231. The van der Waals surface area contributed by atoms with Crippen molar-refractivity contribution in [2.24, 2.45) is 0 Å². The summed E-state index contributed by atoms with van der Waals surface area (Å²) in [4.78, 5) is 31.3. The summed E-state index contributed by atoms with van der Waals surface area (Å²) in [7, 11) is 0. The van der Waals surface area contributed by atoms with Gasteiger partial charge >= 0.3 is 0 Å². The molecule has 138 valence electrons. The molecule has 0 atom stereocenters. The molecule has 27 heavy (non-hydrogen) atoms. The van der Waals surface area contributed by atoms with Gasteiger partial charge in [0.25, 0.3) is 11.8 Å². The summed E-state index contributed by atoms with van der Waals surface area (Å²) in [6.07, 6.45) is 0. The standard InChI is InChI=1S/C20H19BrN4O2/c1-2-24-8-9-25-17-7-6-14(11-16(17)23-18(25)20(24)27)19(26)22-12-13-4-3-5-15(21)10-13/h3-7,10-11H,2,8-9,12H2,1H3,(H,22,26). The fraction of sp³-hybridized carbons (Fsp3) is 0.250. The topological polar surface area (TPSA) is 67.2 Å². The van der Waals surface area contributed by atoms with Crippen LogP contribution in [0.2, 0.25) is 0 Å². The Hall–Kier alpha value is -2.67. The third-order valence-corrected chi connectivity index (χ3v) is 5.30. The maximum atomic E-state index is 12.5. The molecule has 1 aromatic heterocycles. The molecule has 0 saturated carbocycles. The number of amides is 2. The van der Waals surface area contributed by atoms with Crippen LogP contribution in [0.1, 0.15) is 33.5 Å². The molecule has 4 rings (SSSR count). The number of carbonyl (C=O) groups excluding carboxylic acids is 2. The molecule has 0 radical (unpaired) electrons. The Labute approximate surface area is 165 Å². The smallest absolute Gasteiger partial charge is 0.289 e. The van der Waals surface area contributed by atoms with Gasteiger partial charge in [-0.1, -0.05) is 28.1 Å². The molecule has 1 aliphatic rings. The van der Waals surface area contributed by atoms with Crippen LogP contribution in [0.3, 0.4) is 0 Å². The van der Waals surface area contributed by atoms with Crippen molar-refractivity contribution in [3.63, 3.8) is 0 Å². The van der Waals surface area contributed by atoms with E-state index in [-0.39, 0.29) is 11.8 Å². The Morgan fingerprint density at radius 2 is 2.07 bits per heavy atom. The highest BCUT2D eigenvalue weighted by Crippen LogP contribution is 2.22. The van der Waals surface area contributed by atoms with E-state index in [1.165, 1.54) is 0 Å². The van der Waals surface area contributed by atoms with E-state index in [9.17, 15) is 9.59 Å². The summed E-state index contributed by atoms with van der Waals surface area (Å²) in [6, 6.07) is 13.2. The van der Waals surface area contributed by atoms with Crippen LogP contribution in [0.25, 0.3) is 11.0 Å². The molecule has 2 amide bonds. The molecular formula is C20H19BrN4O2. The van der Waals surface area contributed by atoms with Gasteiger partial charge in [-0.05, 0) is 42.8 Å². The number of halogens is 1. The molecule has 0 spiro atoms. The Kier molecular flexibility index (Phi) is 4.70. The van der Waals surface area contributed by atoms with Crippen molar-refractivity contribution < 1.29 is 9.59 Å². The van der Waals surface area contributed by atoms with E-state index in [1.807, 2.05) is 41.8 Å². The maximum absolute atomic E-state index is 12.5. The number of nitrogens with zero attached hydrogens (tertiary/aromatic N) is 3. The molecule has 1 aliphatic heterocycles. The van der Waals surface area contributed by atoms with Crippen molar-refractivity contribution in [1.82, 2.24) is 19.8 Å². The van der Waals surface area contributed by atoms with Crippen molar-refractivity contribution in [2.75, 3.05) is 13.1 Å². The highest BCUT2D eigenvalue weighted by atomic mass is 79.9. The molecule has 7 heteroatoms. The third kappa shape index (κ3) is 3.35. The first-order valence-electron chi connectivity index (χ1n) is 8.89. The van der Waals surface area contributed by atoms with Gasteiger partial charge in [-0.15, -0.1) is 0 Å². The van der Waals surface area contributed by atoms with Gasteiger partial charge in [0, 0.05) is 36.2 Å². The zero-order valence-corrected chi connectivity index (χ0v) is 16.5. The average molecular weight is 427 g/mol. The van der Waals surface area contributed by atoms with Crippen LogP contribution < -0.4 is 5.32 Å². The van der Waals surface area contributed by atoms with Gasteiger partial charge in [0.05, 0.1) is 11.0 Å². The van der Waals surface area contributed by atoms with E-state index >= 15 is 0 Å². The zero-order valence-electron chi connectivity index (χ0n) is 14.9. The second-order valence-electron chi connectivity index (χ2n) is 6.49. The predicted molar refractivity (Wildman–Crippen MR) is 107 cm³/mol. The molecule has 1 N–H and O–H groups in total. The van der Waals surface area contributed by atoms with Crippen LogP contribution in [0.15, 0.2) is 46.9 Å². The second-order valence-corrected chi connectivity index (χ2v) is 7.40. The Balaban J connectivity index is 1.57.